The van der Waals surface area contributed by atoms with Gasteiger partial charge >= 0.3 is 0 Å². The van der Waals surface area contributed by atoms with Gasteiger partial charge in [0.1, 0.15) is 5.84 Å². The number of rotatable bonds is 5. The van der Waals surface area contributed by atoms with Crippen molar-refractivity contribution < 1.29 is 0 Å². The van der Waals surface area contributed by atoms with E-state index in [2.05, 4.69) is 12.3 Å². The molecule has 1 unspecified atom stereocenters. The molecule has 66 valence electrons. The molecule has 11 heavy (non-hydrogen) atoms. The Bertz CT molecular complexity index is 112. The smallest absolute Gasteiger partial charge is 0.110 e. The molecule has 0 heterocycles. The highest BCUT2D eigenvalue weighted by Gasteiger charge is 2.05. The standard InChI is InChI=1S/C8H19N3/c1-3-4-5-6-7(2)8(9)11-10/h7H,3-6,10H2,1-2H3,(H2,9,11). The van der Waals surface area contributed by atoms with E-state index in [1.54, 1.807) is 0 Å². The molecule has 0 spiro atoms. The molecule has 0 amide bonds. The van der Waals surface area contributed by atoms with Crippen molar-refractivity contribution in [1.29, 1.82) is 5.41 Å². The fraction of sp³-hybridized carbons (Fsp3) is 0.875. The van der Waals surface area contributed by atoms with Crippen LogP contribution in [0.3, 0.4) is 0 Å². The quantitative estimate of drug-likeness (QED) is 0.187. The Morgan fingerprint density at radius 3 is 2.64 bits per heavy atom. The summed E-state index contributed by atoms with van der Waals surface area (Å²) in [6, 6.07) is 0. The van der Waals surface area contributed by atoms with Gasteiger partial charge in [0.15, 0.2) is 0 Å². The van der Waals surface area contributed by atoms with Crippen LogP contribution in [0, 0.1) is 11.3 Å². The summed E-state index contributed by atoms with van der Waals surface area (Å²) in [6.07, 6.45) is 4.75. The first-order chi connectivity index (χ1) is 5.22. The lowest BCUT2D eigenvalue weighted by Gasteiger charge is -2.10. The molecule has 0 aromatic rings. The molecule has 0 saturated heterocycles. The molecule has 0 aliphatic carbocycles. The van der Waals surface area contributed by atoms with Gasteiger partial charge in [-0.15, -0.1) is 0 Å². The van der Waals surface area contributed by atoms with Crippen LogP contribution in [0.25, 0.3) is 0 Å². The monoisotopic (exact) mass is 157 g/mol. The third kappa shape index (κ3) is 4.79. The third-order valence-corrected chi connectivity index (χ3v) is 1.89. The molecule has 4 N–H and O–H groups in total. The maximum atomic E-state index is 7.34. The van der Waals surface area contributed by atoms with Crippen LogP contribution >= 0.6 is 0 Å². The molecular weight excluding hydrogens is 138 g/mol. The number of hydrazine groups is 1. The molecule has 0 bridgehead atoms. The van der Waals surface area contributed by atoms with E-state index in [4.69, 9.17) is 11.3 Å². The second kappa shape index (κ2) is 6.16. The van der Waals surface area contributed by atoms with E-state index in [0.29, 0.717) is 5.84 Å². The molecule has 0 rings (SSSR count). The lowest BCUT2D eigenvalue weighted by molar-refractivity contribution is 0.583. The number of unbranched alkanes of at least 4 members (excludes halogenated alkanes) is 2. The second-order valence-electron chi connectivity index (χ2n) is 2.95. The Kier molecular flexibility index (Phi) is 5.84. The van der Waals surface area contributed by atoms with E-state index in [-0.39, 0.29) is 5.92 Å². The third-order valence-electron chi connectivity index (χ3n) is 1.89. The van der Waals surface area contributed by atoms with Crippen LogP contribution in [-0.2, 0) is 0 Å². The van der Waals surface area contributed by atoms with E-state index in [9.17, 15) is 0 Å². The molecule has 0 saturated carbocycles. The van der Waals surface area contributed by atoms with Crippen molar-refractivity contribution in [3.63, 3.8) is 0 Å². The van der Waals surface area contributed by atoms with E-state index < -0.39 is 0 Å². The average Bonchev–Trinajstić information content (AvgIpc) is 2.03. The van der Waals surface area contributed by atoms with Crippen molar-refractivity contribution in [1.82, 2.24) is 5.43 Å². The van der Waals surface area contributed by atoms with E-state index in [0.717, 1.165) is 6.42 Å². The van der Waals surface area contributed by atoms with Crippen LogP contribution in [0.4, 0.5) is 0 Å². The van der Waals surface area contributed by atoms with Crippen LogP contribution in [0.2, 0.25) is 0 Å². The predicted octanol–water partition coefficient (Wildman–Crippen LogP) is 1.64. The molecule has 1 atom stereocenters. The zero-order valence-corrected chi connectivity index (χ0v) is 7.48. The summed E-state index contributed by atoms with van der Waals surface area (Å²) >= 11 is 0. The van der Waals surface area contributed by atoms with E-state index in [1.165, 1.54) is 19.3 Å². The van der Waals surface area contributed by atoms with Gasteiger partial charge in [0.25, 0.3) is 0 Å². The number of hydrogen-bond donors (Lipinski definition) is 3. The Morgan fingerprint density at radius 1 is 1.55 bits per heavy atom. The lowest BCUT2D eigenvalue weighted by atomic mass is 10.0. The Morgan fingerprint density at radius 2 is 2.18 bits per heavy atom. The van der Waals surface area contributed by atoms with Gasteiger partial charge in [-0.25, -0.2) is 5.84 Å². The van der Waals surface area contributed by atoms with Gasteiger partial charge < -0.3 is 5.43 Å². The highest BCUT2D eigenvalue weighted by molar-refractivity contribution is 5.80. The summed E-state index contributed by atoms with van der Waals surface area (Å²) in [6.45, 7) is 4.20. The van der Waals surface area contributed by atoms with Crippen LogP contribution in [0.1, 0.15) is 39.5 Å². The highest BCUT2D eigenvalue weighted by atomic mass is 15.2. The molecule has 0 aliphatic rings. The molecule has 0 aromatic carbocycles. The molecule has 0 aromatic heterocycles. The summed E-state index contributed by atoms with van der Waals surface area (Å²) in [4.78, 5) is 0. The molecule has 3 nitrogen and oxygen atoms in total. The maximum absolute atomic E-state index is 7.34. The number of hydrogen-bond acceptors (Lipinski definition) is 2. The zero-order chi connectivity index (χ0) is 8.69. The Labute approximate surface area is 68.8 Å². The molecular formula is C8H19N3. The average molecular weight is 157 g/mol. The van der Waals surface area contributed by atoms with Gasteiger partial charge in [0.2, 0.25) is 0 Å². The lowest BCUT2D eigenvalue weighted by Crippen LogP contribution is -2.34. The number of nitrogens with two attached hydrogens (primary N) is 1. The van der Waals surface area contributed by atoms with Crippen molar-refractivity contribution in [2.75, 3.05) is 0 Å². The van der Waals surface area contributed by atoms with Crippen molar-refractivity contribution in [2.45, 2.75) is 39.5 Å². The van der Waals surface area contributed by atoms with E-state index in [1.807, 2.05) is 6.92 Å². The summed E-state index contributed by atoms with van der Waals surface area (Å²) in [5.74, 6) is 5.83. The van der Waals surface area contributed by atoms with Gasteiger partial charge in [-0.1, -0.05) is 33.1 Å². The van der Waals surface area contributed by atoms with Gasteiger partial charge in [0.05, 0.1) is 0 Å². The van der Waals surface area contributed by atoms with Crippen LogP contribution in [0.5, 0.6) is 0 Å². The van der Waals surface area contributed by atoms with Gasteiger partial charge in [0, 0.05) is 5.92 Å². The Hall–Kier alpha value is -0.570. The minimum atomic E-state index is 0.284. The topological polar surface area (TPSA) is 61.9 Å². The summed E-state index contributed by atoms with van der Waals surface area (Å²) in [7, 11) is 0. The molecule has 0 radical (unpaired) electrons. The molecule has 0 fully saturated rings. The van der Waals surface area contributed by atoms with Crippen molar-refractivity contribution in [2.24, 2.45) is 11.8 Å². The first-order valence-corrected chi connectivity index (χ1v) is 4.27. The summed E-state index contributed by atoms with van der Waals surface area (Å²) < 4.78 is 0. The van der Waals surface area contributed by atoms with Gasteiger partial charge in [-0.05, 0) is 6.42 Å². The van der Waals surface area contributed by atoms with Crippen LogP contribution in [-0.4, -0.2) is 5.84 Å². The predicted molar refractivity (Wildman–Crippen MR) is 48.4 cm³/mol. The maximum Gasteiger partial charge on any atom is 0.110 e. The largest absolute Gasteiger partial charge is 0.312 e. The van der Waals surface area contributed by atoms with Crippen molar-refractivity contribution >= 4 is 5.84 Å². The minimum Gasteiger partial charge on any atom is -0.312 e. The van der Waals surface area contributed by atoms with Crippen LogP contribution < -0.4 is 11.3 Å². The fourth-order valence-corrected chi connectivity index (χ4v) is 0.987. The van der Waals surface area contributed by atoms with Crippen molar-refractivity contribution in [3.8, 4) is 0 Å². The highest BCUT2D eigenvalue weighted by Crippen LogP contribution is 2.08. The Balaban J connectivity index is 3.36. The van der Waals surface area contributed by atoms with E-state index >= 15 is 0 Å². The minimum absolute atomic E-state index is 0.284. The van der Waals surface area contributed by atoms with Crippen molar-refractivity contribution in [3.05, 3.63) is 0 Å². The summed E-state index contributed by atoms with van der Waals surface area (Å²) in [5, 5.41) is 7.34. The SMILES string of the molecule is CCCCCC(C)C(=N)NN. The second-order valence-corrected chi connectivity index (χ2v) is 2.95. The molecule has 3 heteroatoms. The van der Waals surface area contributed by atoms with Gasteiger partial charge in [-0.2, -0.15) is 0 Å². The van der Waals surface area contributed by atoms with Crippen LogP contribution in [0.15, 0.2) is 0 Å². The molecule has 0 aliphatic heterocycles. The first kappa shape index (κ1) is 10.4. The fourth-order valence-electron chi connectivity index (χ4n) is 0.987. The number of amidine groups is 1. The summed E-state index contributed by atoms with van der Waals surface area (Å²) in [5.41, 5.74) is 2.37. The first-order valence-electron chi connectivity index (χ1n) is 4.27. The normalized spacial score (nSPS) is 12.6. The zero-order valence-electron chi connectivity index (χ0n) is 7.48. The van der Waals surface area contributed by atoms with Gasteiger partial charge in [-0.3, -0.25) is 5.41 Å². The number of nitrogens with one attached hydrogen (secondary N) is 2.